The van der Waals surface area contributed by atoms with E-state index in [1.807, 2.05) is 37.3 Å². The van der Waals surface area contributed by atoms with Crippen LogP contribution in [0.1, 0.15) is 18.1 Å². The number of nitrogens with one attached hydrogen (secondary N) is 2. The first-order chi connectivity index (χ1) is 11.7. The molecule has 6 heteroatoms. The fourth-order valence-corrected chi connectivity index (χ4v) is 2.30. The van der Waals surface area contributed by atoms with E-state index < -0.39 is 0 Å². The summed E-state index contributed by atoms with van der Waals surface area (Å²) >= 11 is 0. The first kappa shape index (κ1) is 21.2. The van der Waals surface area contributed by atoms with Crippen molar-refractivity contribution < 1.29 is 9.13 Å². The van der Waals surface area contributed by atoms with Crippen LogP contribution in [0.2, 0.25) is 0 Å². The Hall–Kier alpha value is -1.83. The van der Waals surface area contributed by atoms with Crippen LogP contribution >= 0.6 is 24.0 Å². The maximum absolute atomic E-state index is 13.2. The van der Waals surface area contributed by atoms with Gasteiger partial charge in [0.2, 0.25) is 0 Å². The molecule has 0 aliphatic carbocycles. The van der Waals surface area contributed by atoms with E-state index in [2.05, 4.69) is 15.6 Å². The predicted molar refractivity (Wildman–Crippen MR) is 111 cm³/mol. The molecular formula is C19H25FIN3O. The van der Waals surface area contributed by atoms with Gasteiger partial charge in [0.15, 0.2) is 5.96 Å². The average molecular weight is 457 g/mol. The maximum Gasteiger partial charge on any atom is 0.191 e. The Labute approximate surface area is 165 Å². The lowest BCUT2D eigenvalue weighted by Crippen LogP contribution is -2.38. The molecule has 136 valence electrons. The normalized spacial score (nSPS) is 10.8. The van der Waals surface area contributed by atoms with Crippen LogP contribution in [-0.4, -0.2) is 26.2 Å². The summed E-state index contributed by atoms with van der Waals surface area (Å²) in [6.45, 7) is 4.05. The van der Waals surface area contributed by atoms with E-state index >= 15 is 0 Å². The molecule has 2 aromatic rings. The molecule has 0 saturated heterocycles. The van der Waals surface area contributed by atoms with Gasteiger partial charge in [0, 0.05) is 13.1 Å². The fourth-order valence-electron chi connectivity index (χ4n) is 2.30. The number of hydrogen-bond acceptors (Lipinski definition) is 2. The Morgan fingerprint density at radius 1 is 1.08 bits per heavy atom. The lowest BCUT2D eigenvalue weighted by molar-refractivity contribution is 0.414. The molecule has 0 unspecified atom stereocenters. The van der Waals surface area contributed by atoms with E-state index in [0.29, 0.717) is 13.1 Å². The summed E-state index contributed by atoms with van der Waals surface area (Å²) < 4.78 is 18.4. The zero-order chi connectivity index (χ0) is 17.2. The summed E-state index contributed by atoms with van der Waals surface area (Å²) in [5.74, 6) is 1.37. The largest absolute Gasteiger partial charge is 0.497 e. The first-order valence-corrected chi connectivity index (χ1v) is 8.11. The van der Waals surface area contributed by atoms with Gasteiger partial charge in [-0.05, 0) is 48.7 Å². The van der Waals surface area contributed by atoms with Gasteiger partial charge in [0.25, 0.3) is 0 Å². The Kier molecular flexibility index (Phi) is 9.91. The minimum Gasteiger partial charge on any atom is -0.497 e. The van der Waals surface area contributed by atoms with Gasteiger partial charge in [0.05, 0.1) is 13.7 Å². The van der Waals surface area contributed by atoms with Crippen LogP contribution < -0.4 is 15.4 Å². The van der Waals surface area contributed by atoms with Crippen LogP contribution in [0.4, 0.5) is 4.39 Å². The summed E-state index contributed by atoms with van der Waals surface area (Å²) in [5.41, 5.74) is 2.04. The third-order valence-electron chi connectivity index (χ3n) is 3.49. The molecule has 4 nitrogen and oxygen atoms in total. The summed E-state index contributed by atoms with van der Waals surface area (Å²) in [6, 6.07) is 14.5. The van der Waals surface area contributed by atoms with E-state index in [-0.39, 0.29) is 29.8 Å². The smallest absolute Gasteiger partial charge is 0.191 e. The fraction of sp³-hybridized carbons (Fsp3) is 0.316. The van der Waals surface area contributed by atoms with Gasteiger partial charge in [0.1, 0.15) is 11.6 Å². The number of halogens is 2. The third-order valence-corrected chi connectivity index (χ3v) is 3.49. The van der Waals surface area contributed by atoms with Crippen LogP contribution in [0.3, 0.4) is 0 Å². The summed E-state index contributed by atoms with van der Waals surface area (Å²) in [6.07, 6.45) is 0.737. The number of nitrogens with zero attached hydrogens (tertiary/aromatic N) is 1. The van der Waals surface area contributed by atoms with Crippen molar-refractivity contribution >= 4 is 29.9 Å². The second kappa shape index (κ2) is 11.7. The predicted octanol–water partition coefficient (Wildman–Crippen LogP) is 3.75. The highest BCUT2D eigenvalue weighted by molar-refractivity contribution is 14.0. The molecule has 0 fully saturated rings. The molecule has 0 heterocycles. The van der Waals surface area contributed by atoms with Gasteiger partial charge >= 0.3 is 0 Å². The molecule has 0 aromatic heterocycles. The van der Waals surface area contributed by atoms with Crippen LogP contribution in [0.15, 0.2) is 53.5 Å². The van der Waals surface area contributed by atoms with Crippen molar-refractivity contribution in [3.63, 3.8) is 0 Å². The Balaban J connectivity index is 0.00000312. The molecule has 0 radical (unpaired) electrons. The first-order valence-electron chi connectivity index (χ1n) is 8.11. The minimum atomic E-state index is -0.203. The highest BCUT2D eigenvalue weighted by atomic mass is 127. The van der Waals surface area contributed by atoms with Crippen LogP contribution in [0.5, 0.6) is 5.75 Å². The average Bonchev–Trinajstić information content (AvgIpc) is 2.60. The molecule has 0 spiro atoms. The van der Waals surface area contributed by atoms with Crippen LogP contribution in [0, 0.1) is 5.82 Å². The van der Waals surface area contributed by atoms with E-state index in [4.69, 9.17) is 4.74 Å². The molecule has 0 aliphatic heterocycles. The van der Waals surface area contributed by atoms with Gasteiger partial charge in [-0.1, -0.05) is 24.3 Å². The second-order valence-electron chi connectivity index (χ2n) is 5.35. The minimum absolute atomic E-state index is 0. The standard InChI is InChI=1S/C19H24FN3O.HI/c1-3-21-19(22-11-10-15-6-4-8-17(20)12-15)23-14-16-7-5-9-18(13-16)24-2;/h4-9,12-13H,3,10-11,14H2,1-2H3,(H2,21,22,23);1H. The van der Waals surface area contributed by atoms with Crippen LogP contribution in [0.25, 0.3) is 0 Å². The number of methoxy groups -OCH3 is 1. The van der Waals surface area contributed by atoms with Crippen molar-refractivity contribution in [1.29, 1.82) is 0 Å². The molecule has 0 saturated carbocycles. The Bertz CT molecular complexity index is 679. The molecule has 2 N–H and O–H groups in total. The topological polar surface area (TPSA) is 45.7 Å². The lowest BCUT2D eigenvalue weighted by atomic mass is 10.1. The molecule has 25 heavy (non-hydrogen) atoms. The van der Waals surface area contributed by atoms with Crippen LogP contribution in [-0.2, 0) is 13.0 Å². The summed E-state index contributed by atoms with van der Waals surface area (Å²) in [5, 5.41) is 6.49. The number of ether oxygens (including phenoxy) is 1. The van der Waals surface area contributed by atoms with Crippen molar-refractivity contribution in [3.05, 3.63) is 65.5 Å². The molecule has 2 aromatic carbocycles. The van der Waals surface area contributed by atoms with Crippen molar-refractivity contribution in [2.45, 2.75) is 19.9 Å². The van der Waals surface area contributed by atoms with Crippen molar-refractivity contribution in [2.24, 2.45) is 4.99 Å². The van der Waals surface area contributed by atoms with E-state index in [9.17, 15) is 4.39 Å². The zero-order valence-electron chi connectivity index (χ0n) is 14.6. The number of rotatable bonds is 7. The van der Waals surface area contributed by atoms with E-state index in [0.717, 1.165) is 35.8 Å². The number of benzene rings is 2. The summed E-state index contributed by atoms with van der Waals surface area (Å²) in [4.78, 5) is 4.57. The molecular weight excluding hydrogens is 432 g/mol. The van der Waals surface area contributed by atoms with Gasteiger partial charge < -0.3 is 15.4 Å². The zero-order valence-corrected chi connectivity index (χ0v) is 16.9. The molecule has 0 atom stereocenters. The highest BCUT2D eigenvalue weighted by Gasteiger charge is 2.00. The molecule has 0 aliphatic rings. The second-order valence-corrected chi connectivity index (χ2v) is 5.35. The third kappa shape index (κ3) is 7.72. The molecule has 0 amide bonds. The quantitative estimate of drug-likeness (QED) is 0.378. The molecule has 0 bridgehead atoms. The monoisotopic (exact) mass is 457 g/mol. The van der Waals surface area contributed by atoms with E-state index in [1.54, 1.807) is 19.2 Å². The van der Waals surface area contributed by atoms with E-state index in [1.165, 1.54) is 6.07 Å². The van der Waals surface area contributed by atoms with Gasteiger partial charge in [-0.3, -0.25) is 0 Å². The number of aliphatic imine (C=N–C) groups is 1. The Morgan fingerprint density at radius 2 is 1.84 bits per heavy atom. The van der Waals surface area contributed by atoms with Gasteiger partial charge in [-0.2, -0.15) is 0 Å². The SMILES string of the molecule is CCNC(=NCc1cccc(OC)c1)NCCc1cccc(F)c1.I. The van der Waals surface area contributed by atoms with Gasteiger partial charge in [-0.25, -0.2) is 9.38 Å². The van der Waals surface area contributed by atoms with Gasteiger partial charge in [-0.15, -0.1) is 24.0 Å². The lowest BCUT2D eigenvalue weighted by Gasteiger charge is -2.11. The van der Waals surface area contributed by atoms with Crippen molar-refractivity contribution in [3.8, 4) is 5.75 Å². The highest BCUT2D eigenvalue weighted by Crippen LogP contribution is 2.13. The van der Waals surface area contributed by atoms with Crippen molar-refractivity contribution in [2.75, 3.05) is 20.2 Å². The molecule has 2 rings (SSSR count). The number of hydrogen-bond donors (Lipinski definition) is 2. The van der Waals surface area contributed by atoms with Crippen molar-refractivity contribution in [1.82, 2.24) is 10.6 Å². The Morgan fingerprint density at radius 3 is 2.56 bits per heavy atom. The number of guanidine groups is 1. The summed E-state index contributed by atoms with van der Waals surface area (Å²) in [7, 11) is 1.65. The maximum atomic E-state index is 13.2.